The van der Waals surface area contributed by atoms with Gasteiger partial charge in [0.15, 0.2) is 0 Å². The zero-order chi connectivity index (χ0) is 12.0. The molecule has 0 aromatic carbocycles. The number of hydrogen-bond donors (Lipinski definition) is 2. The quantitative estimate of drug-likeness (QED) is 0.800. The van der Waals surface area contributed by atoms with E-state index in [1.54, 1.807) is 0 Å². The van der Waals surface area contributed by atoms with Crippen LogP contribution in [0.3, 0.4) is 0 Å². The summed E-state index contributed by atoms with van der Waals surface area (Å²) in [6, 6.07) is 0. The second-order valence-electron chi connectivity index (χ2n) is 5.02. The van der Waals surface area contributed by atoms with Crippen LogP contribution in [0.5, 0.6) is 0 Å². The number of amides is 1. The standard InChI is InChI=1S/C13H26N2O.ClH/c1-3-13(4-2,10-14)15-12(16)11-8-6-5-7-9-11;/h11H,3-10,14H2,1-2H3,(H,15,16);1H. The maximum absolute atomic E-state index is 12.1. The SMILES string of the molecule is CCC(CC)(CN)NC(=O)C1CCCCC1.Cl. The molecule has 0 spiro atoms. The van der Waals surface area contributed by atoms with Gasteiger partial charge in [0, 0.05) is 12.5 Å². The Balaban J connectivity index is 0.00000256. The summed E-state index contributed by atoms with van der Waals surface area (Å²) < 4.78 is 0. The number of rotatable bonds is 5. The monoisotopic (exact) mass is 262 g/mol. The molecule has 1 fully saturated rings. The van der Waals surface area contributed by atoms with Crippen molar-refractivity contribution in [2.24, 2.45) is 11.7 Å². The number of nitrogens with one attached hydrogen (secondary N) is 1. The maximum Gasteiger partial charge on any atom is 0.223 e. The highest BCUT2D eigenvalue weighted by molar-refractivity contribution is 5.85. The molecule has 3 N–H and O–H groups in total. The van der Waals surface area contributed by atoms with Crippen LogP contribution in [0.15, 0.2) is 0 Å². The minimum Gasteiger partial charge on any atom is -0.349 e. The molecule has 0 bridgehead atoms. The van der Waals surface area contributed by atoms with Gasteiger partial charge in [-0.3, -0.25) is 4.79 Å². The lowest BCUT2D eigenvalue weighted by molar-refractivity contribution is -0.128. The highest BCUT2D eigenvalue weighted by Gasteiger charge is 2.30. The van der Waals surface area contributed by atoms with Crippen LogP contribution in [0.1, 0.15) is 58.8 Å². The molecule has 4 heteroatoms. The molecule has 1 saturated carbocycles. The predicted octanol–water partition coefficient (Wildman–Crippen LogP) is 2.62. The van der Waals surface area contributed by atoms with Crippen molar-refractivity contribution in [1.82, 2.24) is 5.32 Å². The van der Waals surface area contributed by atoms with Crippen LogP contribution >= 0.6 is 12.4 Å². The van der Waals surface area contributed by atoms with E-state index in [-0.39, 0.29) is 29.8 Å². The number of hydrogen-bond acceptors (Lipinski definition) is 2. The fourth-order valence-corrected chi connectivity index (χ4v) is 2.49. The van der Waals surface area contributed by atoms with Gasteiger partial charge in [0.2, 0.25) is 5.91 Å². The van der Waals surface area contributed by atoms with Gasteiger partial charge >= 0.3 is 0 Å². The largest absolute Gasteiger partial charge is 0.349 e. The van der Waals surface area contributed by atoms with Gasteiger partial charge in [-0.05, 0) is 25.7 Å². The highest BCUT2D eigenvalue weighted by atomic mass is 35.5. The molecule has 1 rings (SSSR count). The second kappa shape index (κ2) is 7.93. The van der Waals surface area contributed by atoms with Crippen LogP contribution in [-0.2, 0) is 4.79 Å². The lowest BCUT2D eigenvalue weighted by Gasteiger charge is -2.34. The first-order valence-corrected chi connectivity index (χ1v) is 6.69. The molecule has 0 aromatic heterocycles. The van der Waals surface area contributed by atoms with Crippen LogP contribution in [0.2, 0.25) is 0 Å². The van der Waals surface area contributed by atoms with Gasteiger partial charge in [0.05, 0.1) is 5.54 Å². The van der Waals surface area contributed by atoms with Gasteiger partial charge in [0.25, 0.3) is 0 Å². The fourth-order valence-electron chi connectivity index (χ4n) is 2.49. The summed E-state index contributed by atoms with van der Waals surface area (Å²) in [5.74, 6) is 0.464. The molecule has 0 radical (unpaired) electrons. The minimum absolute atomic E-state index is 0. The van der Waals surface area contributed by atoms with Crippen molar-refractivity contribution in [1.29, 1.82) is 0 Å². The van der Waals surface area contributed by atoms with Crippen molar-refractivity contribution in [2.45, 2.75) is 64.3 Å². The van der Waals surface area contributed by atoms with Crippen molar-refractivity contribution in [2.75, 3.05) is 6.54 Å². The average molecular weight is 263 g/mol. The third-order valence-electron chi connectivity index (χ3n) is 4.11. The summed E-state index contributed by atoms with van der Waals surface area (Å²) in [6.07, 6.45) is 7.63. The van der Waals surface area contributed by atoms with E-state index in [0.29, 0.717) is 6.54 Å². The van der Waals surface area contributed by atoms with Crippen LogP contribution in [-0.4, -0.2) is 18.0 Å². The Bertz CT molecular complexity index is 215. The summed E-state index contributed by atoms with van der Waals surface area (Å²) in [5.41, 5.74) is 5.62. The molecule has 1 aliphatic rings. The molecule has 102 valence electrons. The third-order valence-corrected chi connectivity index (χ3v) is 4.11. The molecule has 0 saturated heterocycles. The normalized spacial score (nSPS) is 17.4. The van der Waals surface area contributed by atoms with E-state index >= 15 is 0 Å². The Morgan fingerprint density at radius 2 is 1.76 bits per heavy atom. The number of carbonyl (C=O) groups is 1. The van der Waals surface area contributed by atoms with Gasteiger partial charge < -0.3 is 11.1 Å². The first-order chi connectivity index (χ1) is 7.67. The van der Waals surface area contributed by atoms with E-state index < -0.39 is 0 Å². The van der Waals surface area contributed by atoms with Gasteiger partial charge in [-0.2, -0.15) is 0 Å². The van der Waals surface area contributed by atoms with Crippen LogP contribution in [0, 0.1) is 5.92 Å². The van der Waals surface area contributed by atoms with E-state index in [1.165, 1.54) is 19.3 Å². The molecule has 0 atom stereocenters. The fraction of sp³-hybridized carbons (Fsp3) is 0.923. The van der Waals surface area contributed by atoms with Crippen LogP contribution in [0.4, 0.5) is 0 Å². The van der Waals surface area contributed by atoms with Crippen molar-refractivity contribution < 1.29 is 4.79 Å². The second-order valence-corrected chi connectivity index (χ2v) is 5.02. The van der Waals surface area contributed by atoms with E-state index in [1.807, 2.05) is 0 Å². The Morgan fingerprint density at radius 1 is 1.24 bits per heavy atom. The molecule has 1 aliphatic carbocycles. The zero-order valence-electron chi connectivity index (χ0n) is 11.1. The molecule has 17 heavy (non-hydrogen) atoms. The first kappa shape index (κ1) is 16.7. The average Bonchev–Trinajstić information content (AvgIpc) is 2.37. The Morgan fingerprint density at radius 3 is 2.18 bits per heavy atom. The topological polar surface area (TPSA) is 55.1 Å². The van der Waals surface area contributed by atoms with E-state index in [0.717, 1.165) is 25.7 Å². The summed E-state index contributed by atoms with van der Waals surface area (Å²) in [6.45, 7) is 4.73. The molecule has 3 nitrogen and oxygen atoms in total. The van der Waals surface area contributed by atoms with Crippen molar-refractivity contribution in [3.05, 3.63) is 0 Å². The molecule has 0 heterocycles. The maximum atomic E-state index is 12.1. The van der Waals surface area contributed by atoms with Crippen molar-refractivity contribution in [3.63, 3.8) is 0 Å². The Labute approximate surface area is 111 Å². The van der Waals surface area contributed by atoms with Crippen molar-refractivity contribution >= 4 is 18.3 Å². The highest BCUT2D eigenvalue weighted by Crippen LogP contribution is 2.25. The van der Waals surface area contributed by atoms with Crippen molar-refractivity contribution in [3.8, 4) is 0 Å². The Kier molecular flexibility index (Phi) is 7.80. The molecule has 0 aliphatic heterocycles. The predicted molar refractivity (Wildman–Crippen MR) is 74.3 cm³/mol. The van der Waals surface area contributed by atoms with Gasteiger partial charge in [0.1, 0.15) is 0 Å². The molecular weight excluding hydrogens is 236 g/mol. The number of carbonyl (C=O) groups excluding carboxylic acids is 1. The lowest BCUT2D eigenvalue weighted by Crippen LogP contribution is -2.54. The third kappa shape index (κ3) is 4.47. The van der Waals surface area contributed by atoms with Crippen LogP contribution < -0.4 is 11.1 Å². The summed E-state index contributed by atoms with van der Waals surface area (Å²) in [7, 11) is 0. The lowest BCUT2D eigenvalue weighted by atomic mass is 9.86. The molecule has 0 unspecified atom stereocenters. The van der Waals surface area contributed by atoms with Gasteiger partial charge in [-0.25, -0.2) is 0 Å². The van der Waals surface area contributed by atoms with Crippen LogP contribution in [0.25, 0.3) is 0 Å². The molecule has 0 aromatic rings. The number of halogens is 1. The zero-order valence-corrected chi connectivity index (χ0v) is 11.9. The smallest absolute Gasteiger partial charge is 0.223 e. The molecule has 1 amide bonds. The first-order valence-electron chi connectivity index (χ1n) is 6.69. The summed E-state index contributed by atoms with van der Waals surface area (Å²) >= 11 is 0. The van der Waals surface area contributed by atoms with E-state index in [9.17, 15) is 4.79 Å². The summed E-state index contributed by atoms with van der Waals surface area (Å²) in [4.78, 5) is 12.1. The van der Waals surface area contributed by atoms with Gasteiger partial charge in [-0.15, -0.1) is 12.4 Å². The van der Waals surface area contributed by atoms with Gasteiger partial charge in [-0.1, -0.05) is 33.1 Å². The molecular formula is C13H27ClN2O. The minimum atomic E-state index is -0.172. The Hall–Kier alpha value is -0.280. The number of nitrogens with two attached hydrogens (primary N) is 1. The van der Waals surface area contributed by atoms with E-state index in [4.69, 9.17) is 5.73 Å². The van der Waals surface area contributed by atoms with E-state index in [2.05, 4.69) is 19.2 Å². The summed E-state index contributed by atoms with van der Waals surface area (Å²) in [5, 5.41) is 3.19.